The largest absolute Gasteiger partial charge is 0.486 e. The van der Waals surface area contributed by atoms with E-state index < -0.39 is 5.54 Å². The van der Waals surface area contributed by atoms with Crippen LogP contribution in [0.25, 0.3) is 0 Å². The number of anilines is 1. The summed E-state index contributed by atoms with van der Waals surface area (Å²) >= 11 is 0. The van der Waals surface area contributed by atoms with Crippen LogP contribution in [0.2, 0.25) is 0 Å². The molecular formula is C14H19NO4. The Morgan fingerprint density at radius 3 is 2.68 bits per heavy atom. The molecule has 1 aromatic carbocycles. The molecule has 1 aliphatic rings. The van der Waals surface area contributed by atoms with Gasteiger partial charge in [0.2, 0.25) is 0 Å². The van der Waals surface area contributed by atoms with Gasteiger partial charge in [-0.1, -0.05) is 0 Å². The SMILES string of the molecule is CCOC(=O)C(C)(C)Nc1ccc2c(c1)OCCO2. The fourth-order valence-electron chi connectivity index (χ4n) is 1.84. The monoisotopic (exact) mass is 265 g/mol. The van der Waals surface area contributed by atoms with E-state index in [4.69, 9.17) is 14.2 Å². The molecule has 0 amide bonds. The van der Waals surface area contributed by atoms with Crippen molar-refractivity contribution in [3.05, 3.63) is 18.2 Å². The van der Waals surface area contributed by atoms with E-state index in [1.165, 1.54) is 0 Å². The molecule has 1 aliphatic heterocycles. The summed E-state index contributed by atoms with van der Waals surface area (Å²) in [4.78, 5) is 11.8. The van der Waals surface area contributed by atoms with Gasteiger partial charge in [0.05, 0.1) is 6.61 Å². The Balaban J connectivity index is 2.12. The van der Waals surface area contributed by atoms with E-state index in [1.807, 2.05) is 18.2 Å². The minimum absolute atomic E-state index is 0.287. The molecule has 5 heteroatoms. The van der Waals surface area contributed by atoms with E-state index in [1.54, 1.807) is 20.8 Å². The summed E-state index contributed by atoms with van der Waals surface area (Å²) in [5.74, 6) is 1.13. The molecule has 1 N–H and O–H groups in total. The molecule has 1 heterocycles. The van der Waals surface area contributed by atoms with Crippen molar-refractivity contribution in [2.45, 2.75) is 26.3 Å². The molecule has 19 heavy (non-hydrogen) atoms. The van der Waals surface area contributed by atoms with Crippen molar-refractivity contribution >= 4 is 11.7 Å². The second kappa shape index (κ2) is 5.38. The number of hydrogen-bond donors (Lipinski definition) is 1. The first-order valence-electron chi connectivity index (χ1n) is 6.38. The molecule has 5 nitrogen and oxygen atoms in total. The number of esters is 1. The smallest absolute Gasteiger partial charge is 0.331 e. The van der Waals surface area contributed by atoms with E-state index in [-0.39, 0.29) is 5.97 Å². The van der Waals surface area contributed by atoms with Crippen LogP contribution in [0.15, 0.2) is 18.2 Å². The summed E-state index contributed by atoms with van der Waals surface area (Å²) in [6.45, 7) is 6.82. The minimum Gasteiger partial charge on any atom is -0.486 e. The molecule has 0 fully saturated rings. The average Bonchev–Trinajstić information content (AvgIpc) is 2.38. The Hall–Kier alpha value is -1.91. The van der Waals surface area contributed by atoms with Crippen LogP contribution in [0.1, 0.15) is 20.8 Å². The third-order valence-electron chi connectivity index (χ3n) is 2.78. The van der Waals surface area contributed by atoms with Crippen LogP contribution >= 0.6 is 0 Å². The molecule has 0 radical (unpaired) electrons. The van der Waals surface area contributed by atoms with Gasteiger partial charge in [-0.2, -0.15) is 0 Å². The zero-order valence-corrected chi connectivity index (χ0v) is 11.5. The summed E-state index contributed by atoms with van der Waals surface area (Å²) in [6.07, 6.45) is 0. The first-order valence-corrected chi connectivity index (χ1v) is 6.38. The molecule has 0 atom stereocenters. The van der Waals surface area contributed by atoms with Gasteiger partial charge in [-0.05, 0) is 32.9 Å². The quantitative estimate of drug-likeness (QED) is 0.846. The van der Waals surface area contributed by atoms with Gasteiger partial charge >= 0.3 is 5.97 Å². The van der Waals surface area contributed by atoms with Crippen molar-refractivity contribution in [2.75, 3.05) is 25.1 Å². The highest BCUT2D eigenvalue weighted by Gasteiger charge is 2.29. The lowest BCUT2D eigenvalue weighted by molar-refractivity contribution is -0.147. The standard InChI is InChI=1S/C14H19NO4/c1-4-17-13(16)14(2,3)15-10-5-6-11-12(9-10)19-8-7-18-11/h5-6,9,15H,4,7-8H2,1-3H3. The molecule has 1 aromatic rings. The molecule has 0 bridgehead atoms. The number of benzene rings is 1. The van der Waals surface area contributed by atoms with Crippen LogP contribution in [0.3, 0.4) is 0 Å². The van der Waals surface area contributed by atoms with Crippen LogP contribution in [-0.4, -0.2) is 31.3 Å². The molecule has 0 aromatic heterocycles. The fourth-order valence-corrected chi connectivity index (χ4v) is 1.84. The highest BCUT2D eigenvalue weighted by Crippen LogP contribution is 2.33. The number of carbonyl (C=O) groups is 1. The highest BCUT2D eigenvalue weighted by atomic mass is 16.6. The van der Waals surface area contributed by atoms with Gasteiger partial charge in [0, 0.05) is 11.8 Å². The number of carbonyl (C=O) groups excluding carboxylic acids is 1. The molecule has 0 unspecified atom stereocenters. The average molecular weight is 265 g/mol. The fraction of sp³-hybridized carbons (Fsp3) is 0.500. The predicted molar refractivity (Wildman–Crippen MR) is 71.8 cm³/mol. The second-order valence-electron chi connectivity index (χ2n) is 4.83. The highest BCUT2D eigenvalue weighted by molar-refractivity contribution is 5.83. The van der Waals surface area contributed by atoms with Crippen LogP contribution < -0.4 is 14.8 Å². The molecule has 2 rings (SSSR count). The normalized spacial score (nSPS) is 13.8. The van der Waals surface area contributed by atoms with Crippen molar-refractivity contribution in [1.82, 2.24) is 0 Å². The Labute approximate surface area is 112 Å². The van der Waals surface area contributed by atoms with Gasteiger partial charge in [-0.25, -0.2) is 4.79 Å². The predicted octanol–water partition coefficient (Wildman–Crippen LogP) is 2.21. The summed E-state index contributed by atoms with van der Waals surface area (Å²) < 4.78 is 16.0. The Bertz CT molecular complexity index is 471. The Kier molecular flexibility index (Phi) is 3.83. The molecule has 0 aliphatic carbocycles. The van der Waals surface area contributed by atoms with Crippen molar-refractivity contribution in [2.24, 2.45) is 0 Å². The molecule has 0 spiro atoms. The maximum absolute atomic E-state index is 11.8. The van der Waals surface area contributed by atoms with Crippen LogP contribution in [0.4, 0.5) is 5.69 Å². The third kappa shape index (κ3) is 3.10. The Morgan fingerprint density at radius 1 is 1.32 bits per heavy atom. The van der Waals surface area contributed by atoms with Crippen LogP contribution in [0.5, 0.6) is 11.5 Å². The van der Waals surface area contributed by atoms with Gasteiger partial charge in [0.1, 0.15) is 18.8 Å². The van der Waals surface area contributed by atoms with Gasteiger partial charge in [-0.15, -0.1) is 0 Å². The van der Waals surface area contributed by atoms with Gasteiger partial charge in [0.15, 0.2) is 11.5 Å². The van der Waals surface area contributed by atoms with Crippen molar-refractivity contribution in [3.63, 3.8) is 0 Å². The summed E-state index contributed by atoms with van der Waals surface area (Å²) in [7, 11) is 0. The molecular weight excluding hydrogens is 246 g/mol. The van der Waals surface area contributed by atoms with Crippen molar-refractivity contribution < 1.29 is 19.0 Å². The van der Waals surface area contributed by atoms with Gasteiger partial charge < -0.3 is 19.5 Å². The lowest BCUT2D eigenvalue weighted by atomic mass is 10.1. The number of nitrogens with one attached hydrogen (secondary N) is 1. The zero-order chi connectivity index (χ0) is 13.9. The number of fused-ring (bicyclic) bond motifs is 1. The Morgan fingerprint density at radius 2 is 2.00 bits per heavy atom. The van der Waals surface area contributed by atoms with Crippen LogP contribution in [-0.2, 0) is 9.53 Å². The lowest BCUT2D eigenvalue weighted by Gasteiger charge is -2.26. The summed E-state index contributed by atoms with van der Waals surface area (Å²) in [6, 6.07) is 5.52. The molecule has 0 saturated carbocycles. The number of ether oxygens (including phenoxy) is 3. The molecule has 0 saturated heterocycles. The maximum Gasteiger partial charge on any atom is 0.331 e. The first-order chi connectivity index (χ1) is 9.03. The first kappa shape index (κ1) is 13.5. The second-order valence-corrected chi connectivity index (χ2v) is 4.83. The zero-order valence-electron chi connectivity index (χ0n) is 11.5. The van der Waals surface area contributed by atoms with Crippen molar-refractivity contribution in [3.8, 4) is 11.5 Å². The van der Waals surface area contributed by atoms with E-state index in [0.29, 0.717) is 25.6 Å². The van der Waals surface area contributed by atoms with E-state index in [0.717, 1.165) is 11.4 Å². The summed E-state index contributed by atoms with van der Waals surface area (Å²) in [5, 5.41) is 3.14. The third-order valence-corrected chi connectivity index (χ3v) is 2.78. The van der Waals surface area contributed by atoms with Crippen molar-refractivity contribution in [1.29, 1.82) is 0 Å². The van der Waals surface area contributed by atoms with E-state index in [2.05, 4.69) is 5.32 Å². The van der Waals surface area contributed by atoms with Gasteiger partial charge in [-0.3, -0.25) is 0 Å². The lowest BCUT2D eigenvalue weighted by Crippen LogP contribution is -2.41. The number of hydrogen-bond acceptors (Lipinski definition) is 5. The maximum atomic E-state index is 11.8. The minimum atomic E-state index is -0.792. The number of rotatable bonds is 4. The van der Waals surface area contributed by atoms with E-state index in [9.17, 15) is 4.79 Å². The van der Waals surface area contributed by atoms with E-state index >= 15 is 0 Å². The molecule has 104 valence electrons. The topological polar surface area (TPSA) is 56.8 Å². The van der Waals surface area contributed by atoms with Crippen LogP contribution in [0, 0.1) is 0 Å². The summed E-state index contributed by atoms with van der Waals surface area (Å²) in [5.41, 5.74) is 0.00190. The van der Waals surface area contributed by atoms with Gasteiger partial charge in [0.25, 0.3) is 0 Å².